The molecular weight excluding hydrogens is 184 g/mol. The molecule has 0 saturated heterocycles. The van der Waals surface area contributed by atoms with Crippen LogP contribution in [0.25, 0.3) is 0 Å². The van der Waals surface area contributed by atoms with Gasteiger partial charge in [0.1, 0.15) is 0 Å². The van der Waals surface area contributed by atoms with Crippen LogP contribution in [0.2, 0.25) is 0 Å². The molecule has 0 bridgehead atoms. The molecule has 1 atom stereocenters. The Morgan fingerprint density at radius 3 is 3.13 bits per heavy atom. The molecule has 1 aliphatic rings. The molecule has 1 aromatic carbocycles. The van der Waals surface area contributed by atoms with Crippen LogP contribution in [0, 0.1) is 6.92 Å². The first-order valence-corrected chi connectivity index (χ1v) is 5.86. The number of rotatable bonds is 2. The number of hydrogen-bond donors (Lipinski definition) is 2. The predicted molar refractivity (Wildman–Crippen MR) is 65.3 cm³/mol. The number of aryl methyl sites for hydroxylation is 1. The maximum Gasteiger partial charge on any atom is 0.0375 e. The van der Waals surface area contributed by atoms with Crippen LogP contribution in [0.4, 0.5) is 5.69 Å². The molecule has 0 saturated carbocycles. The number of hydrogen-bond acceptors (Lipinski definition) is 2. The summed E-state index contributed by atoms with van der Waals surface area (Å²) >= 11 is 0. The van der Waals surface area contributed by atoms with E-state index in [1.165, 1.54) is 29.7 Å². The summed E-state index contributed by atoms with van der Waals surface area (Å²) in [6.45, 7) is 4.04. The fourth-order valence-electron chi connectivity index (χ4n) is 2.41. The molecule has 2 rings (SSSR count). The van der Waals surface area contributed by atoms with E-state index < -0.39 is 0 Å². The predicted octanol–water partition coefficient (Wildman–Crippen LogP) is 2.63. The zero-order valence-corrected chi connectivity index (χ0v) is 9.42. The number of benzene rings is 1. The van der Waals surface area contributed by atoms with Gasteiger partial charge in [-0.15, -0.1) is 0 Å². The lowest BCUT2D eigenvalue weighted by Gasteiger charge is -2.17. The smallest absolute Gasteiger partial charge is 0.0375 e. The third-order valence-electron chi connectivity index (χ3n) is 3.21. The summed E-state index contributed by atoms with van der Waals surface area (Å²) in [5.74, 6) is 0.653. The van der Waals surface area contributed by atoms with E-state index in [9.17, 15) is 0 Å². The molecular formula is C13H20N2. The molecule has 0 fully saturated rings. The fourth-order valence-corrected chi connectivity index (χ4v) is 2.41. The number of nitrogens with one attached hydrogen (secondary N) is 1. The molecule has 0 amide bonds. The van der Waals surface area contributed by atoms with Crippen LogP contribution >= 0.6 is 0 Å². The molecule has 1 aromatic rings. The van der Waals surface area contributed by atoms with Crippen molar-refractivity contribution < 1.29 is 0 Å². The van der Waals surface area contributed by atoms with Crippen molar-refractivity contribution in [2.45, 2.75) is 32.1 Å². The first-order chi connectivity index (χ1) is 7.31. The van der Waals surface area contributed by atoms with Crippen molar-refractivity contribution in [3.63, 3.8) is 0 Å². The largest absolute Gasteiger partial charge is 0.385 e. The monoisotopic (exact) mass is 204 g/mol. The van der Waals surface area contributed by atoms with Gasteiger partial charge < -0.3 is 11.1 Å². The molecule has 0 radical (unpaired) electrons. The third kappa shape index (κ3) is 2.32. The Bertz CT molecular complexity index is 333. The zero-order valence-electron chi connectivity index (χ0n) is 9.42. The summed E-state index contributed by atoms with van der Waals surface area (Å²) in [6.07, 6.45) is 3.62. The molecule has 0 aromatic heterocycles. The van der Waals surface area contributed by atoms with Gasteiger partial charge in [0.15, 0.2) is 0 Å². The first kappa shape index (κ1) is 10.5. The second-order valence-corrected chi connectivity index (χ2v) is 4.43. The van der Waals surface area contributed by atoms with Crippen molar-refractivity contribution in [2.75, 3.05) is 18.4 Å². The topological polar surface area (TPSA) is 38.0 Å². The Morgan fingerprint density at radius 1 is 1.47 bits per heavy atom. The lowest BCUT2D eigenvalue weighted by Crippen LogP contribution is -2.07. The summed E-state index contributed by atoms with van der Waals surface area (Å²) < 4.78 is 0. The molecule has 2 nitrogen and oxygen atoms in total. The average Bonchev–Trinajstić information content (AvgIpc) is 2.42. The summed E-state index contributed by atoms with van der Waals surface area (Å²) in [5, 5.41) is 3.50. The first-order valence-electron chi connectivity index (χ1n) is 5.86. The molecule has 1 aliphatic heterocycles. The van der Waals surface area contributed by atoms with Gasteiger partial charge in [-0.3, -0.25) is 0 Å². The van der Waals surface area contributed by atoms with Crippen molar-refractivity contribution in [3.05, 3.63) is 29.3 Å². The van der Waals surface area contributed by atoms with E-state index in [0.717, 1.165) is 19.5 Å². The van der Waals surface area contributed by atoms with Gasteiger partial charge in [0.25, 0.3) is 0 Å². The van der Waals surface area contributed by atoms with Crippen LogP contribution < -0.4 is 11.1 Å². The van der Waals surface area contributed by atoms with E-state index in [4.69, 9.17) is 5.73 Å². The van der Waals surface area contributed by atoms with Crippen LogP contribution in [-0.2, 0) is 0 Å². The van der Waals surface area contributed by atoms with E-state index in [-0.39, 0.29) is 0 Å². The van der Waals surface area contributed by atoms with Crippen LogP contribution in [-0.4, -0.2) is 13.1 Å². The van der Waals surface area contributed by atoms with Gasteiger partial charge in [0.2, 0.25) is 0 Å². The highest BCUT2D eigenvalue weighted by atomic mass is 14.9. The van der Waals surface area contributed by atoms with Crippen LogP contribution in [0.5, 0.6) is 0 Å². The maximum absolute atomic E-state index is 5.69. The highest BCUT2D eigenvalue weighted by molar-refractivity contribution is 5.55. The average molecular weight is 204 g/mol. The molecule has 2 heteroatoms. The van der Waals surface area contributed by atoms with E-state index in [0.29, 0.717) is 5.92 Å². The Labute approximate surface area is 91.9 Å². The van der Waals surface area contributed by atoms with Crippen LogP contribution in [0.3, 0.4) is 0 Å². The van der Waals surface area contributed by atoms with Gasteiger partial charge in [0.05, 0.1) is 0 Å². The van der Waals surface area contributed by atoms with Gasteiger partial charge in [-0.25, -0.2) is 0 Å². The van der Waals surface area contributed by atoms with E-state index in [1.807, 2.05) is 0 Å². The molecule has 1 unspecified atom stereocenters. The minimum Gasteiger partial charge on any atom is -0.385 e. The summed E-state index contributed by atoms with van der Waals surface area (Å²) in [6, 6.07) is 6.70. The Morgan fingerprint density at radius 2 is 2.33 bits per heavy atom. The van der Waals surface area contributed by atoms with Crippen molar-refractivity contribution in [3.8, 4) is 0 Å². The third-order valence-corrected chi connectivity index (χ3v) is 3.21. The van der Waals surface area contributed by atoms with E-state index in [2.05, 4.69) is 30.4 Å². The van der Waals surface area contributed by atoms with Crippen LogP contribution in [0.1, 0.15) is 36.3 Å². The normalized spacial score (nSPS) is 20.3. The quantitative estimate of drug-likeness (QED) is 0.777. The number of fused-ring (bicyclic) bond motifs is 1. The lowest BCUT2D eigenvalue weighted by atomic mass is 9.90. The highest BCUT2D eigenvalue weighted by Crippen LogP contribution is 2.33. The van der Waals surface area contributed by atoms with Crippen molar-refractivity contribution in [2.24, 2.45) is 5.73 Å². The summed E-state index contributed by atoms with van der Waals surface area (Å²) in [4.78, 5) is 0. The second kappa shape index (κ2) is 4.67. The Kier molecular flexibility index (Phi) is 3.27. The van der Waals surface area contributed by atoms with Gasteiger partial charge in [-0.1, -0.05) is 17.7 Å². The zero-order chi connectivity index (χ0) is 10.7. The van der Waals surface area contributed by atoms with Crippen molar-refractivity contribution >= 4 is 5.69 Å². The summed E-state index contributed by atoms with van der Waals surface area (Å²) in [7, 11) is 0. The van der Waals surface area contributed by atoms with E-state index in [1.54, 1.807) is 0 Å². The molecule has 82 valence electrons. The van der Waals surface area contributed by atoms with Gasteiger partial charge in [-0.2, -0.15) is 0 Å². The highest BCUT2D eigenvalue weighted by Gasteiger charge is 2.17. The molecule has 3 N–H and O–H groups in total. The van der Waals surface area contributed by atoms with Gasteiger partial charge >= 0.3 is 0 Å². The minimum absolute atomic E-state index is 0.653. The summed E-state index contributed by atoms with van der Waals surface area (Å²) in [5.41, 5.74) is 9.82. The molecule has 15 heavy (non-hydrogen) atoms. The Hall–Kier alpha value is -1.02. The molecule has 1 heterocycles. The van der Waals surface area contributed by atoms with Gasteiger partial charge in [0, 0.05) is 12.2 Å². The van der Waals surface area contributed by atoms with E-state index >= 15 is 0 Å². The SMILES string of the molecule is Cc1ccc2c(c1)C(CCN)CCCN2. The number of anilines is 1. The van der Waals surface area contributed by atoms with Gasteiger partial charge in [-0.05, 0) is 50.3 Å². The number of nitrogens with two attached hydrogens (primary N) is 1. The van der Waals surface area contributed by atoms with Crippen LogP contribution in [0.15, 0.2) is 18.2 Å². The fraction of sp³-hybridized carbons (Fsp3) is 0.538. The standard InChI is InChI=1S/C13H20N2/c1-10-4-5-13-12(9-10)11(6-7-14)3-2-8-15-13/h4-5,9,11,15H,2-3,6-8,14H2,1H3. The second-order valence-electron chi connectivity index (χ2n) is 4.43. The molecule has 0 spiro atoms. The van der Waals surface area contributed by atoms with Crippen molar-refractivity contribution in [1.82, 2.24) is 0 Å². The Balaban J connectivity index is 2.33. The van der Waals surface area contributed by atoms with Crippen molar-refractivity contribution in [1.29, 1.82) is 0 Å². The minimum atomic E-state index is 0.653. The molecule has 0 aliphatic carbocycles. The maximum atomic E-state index is 5.69. The lowest BCUT2D eigenvalue weighted by molar-refractivity contribution is 0.580.